The molecular weight excluding hydrogens is 360 g/mol. The molecule has 0 aliphatic heterocycles. The first-order valence-corrected chi connectivity index (χ1v) is 9.12. The molecule has 2 aromatic carbocycles. The summed E-state index contributed by atoms with van der Waals surface area (Å²) in [7, 11) is 0. The highest BCUT2D eigenvalue weighted by Gasteiger charge is 2.18. The summed E-state index contributed by atoms with van der Waals surface area (Å²) in [5.41, 5.74) is 2.18. The van der Waals surface area contributed by atoms with Crippen molar-refractivity contribution in [2.45, 2.75) is 20.3 Å². The van der Waals surface area contributed by atoms with Crippen molar-refractivity contribution in [3.63, 3.8) is 0 Å². The molecule has 0 aliphatic rings. The number of hydrogen-bond donors (Lipinski definition) is 3. The van der Waals surface area contributed by atoms with E-state index in [1.807, 2.05) is 38.1 Å². The lowest BCUT2D eigenvalue weighted by molar-refractivity contribution is -0.883. The van der Waals surface area contributed by atoms with E-state index in [1.54, 1.807) is 0 Å². The summed E-state index contributed by atoms with van der Waals surface area (Å²) in [6, 6.07) is 13.2. The molecular formula is C20H25N4O4+. The molecule has 2 amide bonds. The van der Waals surface area contributed by atoms with Crippen molar-refractivity contribution >= 4 is 28.9 Å². The second kappa shape index (κ2) is 10.2. The van der Waals surface area contributed by atoms with Crippen molar-refractivity contribution in [3.8, 4) is 0 Å². The van der Waals surface area contributed by atoms with E-state index in [1.165, 1.54) is 24.3 Å². The maximum Gasteiger partial charge on any atom is 0.279 e. The third-order valence-corrected chi connectivity index (χ3v) is 4.21. The van der Waals surface area contributed by atoms with Crippen LogP contribution in [0.15, 0.2) is 48.5 Å². The van der Waals surface area contributed by atoms with E-state index < -0.39 is 4.92 Å². The molecule has 0 fully saturated rings. The van der Waals surface area contributed by atoms with Gasteiger partial charge < -0.3 is 15.5 Å². The lowest BCUT2D eigenvalue weighted by Crippen LogP contribution is -3.14. The number of anilines is 2. The Morgan fingerprint density at radius 3 is 2.18 bits per heavy atom. The maximum absolute atomic E-state index is 12.4. The van der Waals surface area contributed by atoms with Crippen LogP contribution in [0.3, 0.4) is 0 Å². The number of para-hydroxylation sites is 1. The van der Waals surface area contributed by atoms with Gasteiger partial charge in [0.1, 0.15) is 0 Å². The normalized spacial score (nSPS) is 11.5. The number of nitrogens with one attached hydrogen (secondary N) is 3. The van der Waals surface area contributed by atoms with Gasteiger partial charge in [0.25, 0.3) is 17.5 Å². The van der Waals surface area contributed by atoms with Crippen LogP contribution in [-0.4, -0.2) is 36.4 Å². The van der Waals surface area contributed by atoms with Crippen molar-refractivity contribution in [3.05, 3.63) is 64.2 Å². The molecule has 0 spiro atoms. The van der Waals surface area contributed by atoms with Gasteiger partial charge in [0.2, 0.25) is 0 Å². The summed E-state index contributed by atoms with van der Waals surface area (Å²) >= 11 is 0. The molecule has 0 saturated heterocycles. The van der Waals surface area contributed by atoms with Gasteiger partial charge in [-0.15, -0.1) is 0 Å². The molecule has 8 nitrogen and oxygen atoms in total. The number of carbonyl (C=O) groups excluding carboxylic acids is 2. The number of aryl methyl sites for hydroxylation is 1. The quantitative estimate of drug-likeness (QED) is 0.452. The molecule has 2 aromatic rings. The van der Waals surface area contributed by atoms with Gasteiger partial charge in [0.05, 0.1) is 11.5 Å². The zero-order chi connectivity index (χ0) is 20.5. The first kappa shape index (κ1) is 21.0. The first-order chi connectivity index (χ1) is 13.4. The minimum Gasteiger partial charge on any atom is -0.321 e. The van der Waals surface area contributed by atoms with E-state index in [-0.39, 0.29) is 30.6 Å². The Balaban J connectivity index is 1.91. The van der Waals surface area contributed by atoms with Gasteiger partial charge >= 0.3 is 0 Å². The molecule has 0 radical (unpaired) electrons. The molecule has 0 heterocycles. The Hall–Kier alpha value is -3.26. The van der Waals surface area contributed by atoms with Crippen LogP contribution in [0.5, 0.6) is 0 Å². The maximum atomic E-state index is 12.4. The Bertz CT molecular complexity index is 836. The summed E-state index contributed by atoms with van der Waals surface area (Å²) in [5.74, 6) is -0.401. The molecule has 0 aliphatic carbocycles. The predicted molar refractivity (Wildman–Crippen MR) is 107 cm³/mol. The molecule has 0 bridgehead atoms. The summed E-state index contributed by atoms with van der Waals surface area (Å²) in [4.78, 5) is 35.7. The zero-order valence-electron chi connectivity index (χ0n) is 16.0. The van der Waals surface area contributed by atoms with Gasteiger partial charge in [0.15, 0.2) is 13.1 Å². The van der Waals surface area contributed by atoms with Crippen LogP contribution in [-0.2, 0) is 9.59 Å². The molecule has 3 N–H and O–H groups in total. The van der Waals surface area contributed by atoms with E-state index in [2.05, 4.69) is 10.6 Å². The second-order valence-electron chi connectivity index (χ2n) is 6.57. The van der Waals surface area contributed by atoms with Crippen LogP contribution in [0.25, 0.3) is 0 Å². The zero-order valence-corrected chi connectivity index (χ0v) is 16.0. The average Bonchev–Trinajstić information content (AvgIpc) is 2.64. The van der Waals surface area contributed by atoms with Gasteiger partial charge in [-0.3, -0.25) is 19.7 Å². The van der Waals surface area contributed by atoms with Gasteiger partial charge in [-0.25, -0.2) is 0 Å². The van der Waals surface area contributed by atoms with E-state index in [0.717, 1.165) is 22.6 Å². The SMILES string of the molecule is CCC[NH+](CC(=O)Nc1ccc([N+](=O)[O-])cc1)CC(=O)Nc1ccccc1C. The number of hydrogen-bond acceptors (Lipinski definition) is 4. The number of rotatable bonds is 9. The monoisotopic (exact) mass is 385 g/mol. The second-order valence-corrected chi connectivity index (χ2v) is 6.57. The highest BCUT2D eigenvalue weighted by Crippen LogP contribution is 2.15. The van der Waals surface area contributed by atoms with Gasteiger partial charge in [0, 0.05) is 23.5 Å². The number of carbonyl (C=O) groups is 2. The van der Waals surface area contributed by atoms with Crippen LogP contribution in [0.2, 0.25) is 0 Å². The molecule has 148 valence electrons. The highest BCUT2D eigenvalue weighted by atomic mass is 16.6. The van der Waals surface area contributed by atoms with Crippen molar-refractivity contribution in [1.82, 2.24) is 0 Å². The van der Waals surface area contributed by atoms with Crippen LogP contribution >= 0.6 is 0 Å². The Morgan fingerprint density at radius 1 is 1.00 bits per heavy atom. The molecule has 0 aromatic heterocycles. The summed E-state index contributed by atoms with van der Waals surface area (Å²) in [6.45, 7) is 4.90. The molecule has 1 atom stereocenters. The van der Waals surface area contributed by atoms with Gasteiger partial charge in [-0.05, 0) is 37.1 Å². The topological polar surface area (TPSA) is 106 Å². The van der Waals surface area contributed by atoms with Crippen molar-refractivity contribution in [2.75, 3.05) is 30.3 Å². The molecule has 1 unspecified atom stereocenters. The Labute approximate surface area is 163 Å². The standard InChI is InChI=1S/C20H24N4O4/c1-3-12-23(14-20(26)22-18-7-5-4-6-15(18)2)13-19(25)21-16-8-10-17(11-9-16)24(27)28/h4-11H,3,12-14H2,1-2H3,(H,21,25)(H,22,26)/p+1. The number of benzene rings is 2. The Morgan fingerprint density at radius 2 is 1.61 bits per heavy atom. The number of quaternary nitrogens is 1. The van der Waals surface area contributed by atoms with Crippen molar-refractivity contribution in [2.24, 2.45) is 0 Å². The minimum atomic E-state index is -0.494. The fourth-order valence-electron chi connectivity index (χ4n) is 2.83. The third-order valence-electron chi connectivity index (χ3n) is 4.21. The lowest BCUT2D eigenvalue weighted by atomic mass is 10.2. The third kappa shape index (κ3) is 6.48. The molecule has 0 saturated carbocycles. The van der Waals surface area contributed by atoms with Gasteiger partial charge in [-0.1, -0.05) is 25.1 Å². The summed E-state index contributed by atoms with van der Waals surface area (Å²) in [5, 5.41) is 16.3. The van der Waals surface area contributed by atoms with Gasteiger partial charge in [-0.2, -0.15) is 0 Å². The largest absolute Gasteiger partial charge is 0.321 e. The van der Waals surface area contributed by atoms with Crippen LogP contribution in [0.4, 0.5) is 17.1 Å². The Kier molecular flexibility index (Phi) is 7.65. The number of amides is 2. The summed E-state index contributed by atoms with van der Waals surface area (Å²) < 4.78 is 0. The predicted octanol–water partition coefficient (Wildman–Crippen LogP) is 1.78. The van der Waals surface area contributed by atoms with Crippen molar-refractivity contribution < 1.29 is 19.4 Å². The number of nitrogens with zero attached hydrogens (tertiary/aromatic N) is 1. The van der Waals surface area contributed by atoms with E-state index in [4.69, 9.17) is 0 Å². The van der Waals surface area contributed by atoms with E-state index in [0.29, 0.717) is 12.2 Å². The molecule has 28 heavy (non-hydrogen) atoms. The van der Waals surface area contributed by atoms with Crippen LogP contribution in [0.1, 0.15) is 18.9 Å². The van der Waals surface area contributed by atoms with Crippen LogP contribution < -0.4 is 15.5 Å². The number of non-ortho nitro benzene ring substituents is 1. The minimum absolute atomic E-state index is 0.0379. The molecule has 8 heteroatoms. The number of nitro benzene ring substituents is 1. The fraction of sp³-hybridized carbons (Fsp3) is 0.300. The average molecular weight is 385 g/mol. The smallest absolute Gasteiger partial charge is 0.279 e. The molecule has 2 rings (SSSR count). The van der Waals surface area contributed by atoms with Crippen molar-refractivity contribution in [1.29, 1.82) is 0 Å². The van der Waals surface area contributed by atoms with E-state index in [9.17, 15) is 19.7 Å². The van der Waals surface area contributed by atoms with E-state index >= 15 is 0 Å². The fourth-order valence-corrected chi connectivity index (χ4v) is 2.83. The lowest BCUT2D eigenvalue weighted by Gasteiger charge is -2.18. The highest BCUT2D eigenvalue weighted by molar-refractivity contribution is 5.93. The first-order valence-electron chi connectivity index (χ1n) is 9.12. The van der Waals surface area contributed by atoms with Crippen LogP contribution in [0, 0.1) is 17.0 Å². The summed E-state index contributed by atoms with van der Waals surface area (Å²) in [6.07, 6.45) is 0.831. The number of nitro groups is 1.